The monoisotopic (exact) mass is 237 g/mol. The Kier molecular flexibility index (Phi) is 7.44. The van der Waals surface area contributed by atoms with Crippen LogP contribution in [0, 0.1) is 5.82 Å². The van der Waals surface area contributed by atoms with Gasteiger partial charge in [0.15, 0.2) is 0 Å². The summed E-state index contributed by atoms with van der Waals surface area (Å²) in [7, 11) is 0. The van der Waals surface area contributed by atoms with Crippen molar-refractivity contribution >= 4 is 5.69 Å². The van der Waals surface area contributed by atoms with Crippen molar-refractivity contribution in [3.05, 3.63) is 30.1 Å². The van der Waals surface area contributed by atoms with E-state index < -0.39 is 0 Å². The number of hydrogen-bond donors (Lipinski definition) is 1. The molecule has 0 fully saturated rings. The van der Waals surface area contributed by atoms with Crippen LogP contribution in [0.3, 0.4) is 0 Å². The van der Waals surface area contributed by atoms with Crippen LogP contribution in [0.15, 0.2) is 24.3 Å². The number of rotatable bonds is 9. The summed E-state index contributed by atoms with van der Waals surface area (Å²) in [6.07, 6.45) is 9.03. The molecule has 0 heterocycles. The van der Waals surface area contributed by atoms with E-state index in [4.69, 9.17) is 0 Å². The highest BCUT2D eigenvalue weighted by Gasteiger charge is 1.98. The van der Waals surface area contributed by atoms with E-state index in [1.807, 2.05) is 6.07 Å². The molecule has 2 heteroatoms. The van der Waals surface area contributed by atoms with Gasteiger partial charge in [-0.15, -0.1) is 0 Å². The Morgan fingerprint density at radius 2 is 1.59 bits per heavy atom. The molecule has 0 spiro atoms. The van der Waals surface area contributed by atoms with Crippen molar-refractivity contribution in [3.8, 4) is 0 Å². The second kappa shape index (κ2) is 9.03. The van der Waals surface area contributed by atoms with Crippen LogP contribution in [-0.2, 0) is 0 Å². The first-order valence-corrected chi connectivity index (χ1v) is 6.83. The van der Waals surface area contributed by atoms with Gasteiger partial charge >= 0.3 is 0 Å². The molecular weight excluding hydrogens is 213 g/mol. The van der Waals surface area contributed by atoms with E-state index in [-0.39, 0.29) is 5.82 Å². The number of halogens is 1. The number of unbranched alkanes of at least 4 members (excludes halogenated alkanes) is 6. The first-order chi connectivity index (χ1) is 8.34. The molecule has 0 radical (unpaired) electrons. The van der Waals surface area contributed by atoms with E-state index in [0.29, 0.717) is 5.69 Å². The van der Waals surface area contributed by atoms with Gasteiger partial charge in [0.25, 0.3) is 0 Å². The minimum atomic E-state index is -0.157. The van der Waals surface area contributed by atoms with Crippen LogP contribution in [0.1, 0.15) is 51.9 Å². The van der Waals surface area contributed by atoms with Crippen LogP contribution >= 0.6 is 0 Å². The third-order valence-electron chi connectivity index (χ3n) is 2.97. The predicted octanol–water partition coefficient (Wildman–Crippen LogP) is 4.99. The molecule has 0 atom stereocenters. The summed E-state index contributed by atoms with van der Waals surface area (Å²) in [4.78, 5) is 0. The molecule has 0 aliphatic heterocycles. The lowest BCUT2D eigenvalue weighted by Gasteiger charge is -2.07. The second-order valence-corrected chi connectivity index (χ2v) is 4.53. The summed E-state index contributed by atoms with van der Waals surface area (Å²) in [5.74, 6) is -0.157. The van der Waals surface area contributed by atoms with Crippen LogP contribution < -0.4 is 5.32 Å². The molecule has 1 N–H and O–H groups in total. The molecule has 0 unspecified atom stereocenters. The van der Waals surface area contributed by atoms with Gasteiger partial charge in [-0.05, 0) is 18.6 Å². The average Bonchev–Trinajstić information content (AvgIpc) is 2.35. The molecule has 0 aromatic heterocycles. The Labute approximate surface area is 104 Å². The molecule has 1 aromatic carbocycles. The van der Waals surface area contributed by atoms with E-state index >= 15 is 0 Å². The van der Waals surface area contributed by atoms with Gasteiger partial charge in [-0.25, -0.2) is 4.39 Å². The maximum Gasteiger partial charge on any atom is 0.146 e. The van der Waals surface area contributed by atoms with Crippen molar-refractivity contribution in [2.24, 2.45) is 0 Å². The third-order valence-corrected chi connectivity index (χ3v) is 2.97. The SMILES string of the molecule is CCCCCCCCCNc1ccccc1F. The summed E-state index contributed by atoms with van der Waals surface area (Å²) in [6, 6.07) is 6.86. The predicted molar refractivity (Wildman–Crippen MR) is 72.9 cm³/mol. The fourth-order valence-electron chi connectivity index (χ4n) is 1.91. The quantitative estimate of drug-likeness (QED) is 0.597. The zero-order chi connectivity index (χ0) is 12.3. The van der Waals surface area contributed by atoms with Crippen LogP contribution in [0.5, 0.6) is 0 Å². The van der Waals surface area contributed by atoms with Crippen LogP contribution in [-0.4, -0.2) is 6.54 Å². The van der Waals surface area contributed by atoms with Gasteiger partial charge in [0.1, 0.15) is 5.82 Å². The summed E-state index contributed by atoms with van der Waals surface area (Å²) < 4.78 is 13.2. The first-order valence-electron chi connectivity index (χ1n) is 6.83. The van der Waals surface area contributed by atoms with Crippen molar-refractivity contribution in [3.63, 3.8) is 0 Å². The number of para-hydroxylation sites is 1. The lowest BCUT2D eigenvalue weighted by Crippen LogP contribution is -2.02. The summed E-state index contributed by atoms with van der Waals surface area (Å²) in [5.41, 5.74) is 0.624. The van der Waals surface area contributed by atoms with Crippen LogP contribution in [0.4, 0.5) is 10.1 Å². The molecule has 0 saturated carbocycles. The fraction of sp³-hybridized carbons (Fsp3) is 0.600. The molecular formula is C15H24FN. The highest BCUT2D eigenvalue weighted by Crippen LogP contribution is 2.13. The number of hydrogen-bond acceptors (Lipinski definition) is 1. The topological polar surface area (TPSA) is 12.0 Å². The van der Waals surface area contributed by atoms with Gasteiger partial charge in [0, 0.05) is 6.54 Å². The molecule has 0 saturated heterocycles. The van der Waals surface area contributed by atoms with Crippen molar-refractivity contribution in [2.45, 2.75) is 51.9 Å². The van der Waals surface area contributed by atoms with Crippen LogP contribution in [0.25, 0.3) is 0 Å². The number of anilines is 1. The Bertz CT molecular complexity index is 299. The van der Waals surface area contributed by atoms with Crippen molar-refractivity contribution in [2.75, 3.05) is 11.9 Å². The van der Waals surface area contributed by atoms with E-state index in [9.17, 15) is 4.39 Å². The maximum atomic E-state index is 13.2. The van der Waals surface area contributed by atoms with E-state index in [0.717, 1.165) is 13.0 Å². The number of benzene rings is 1. The molecule has 0 aliphatic carbocycles. The smallest absolute Gasteiger partial charge is 0.146 e. The zero-order valence-corrected chi connectivity index (χ0v) is 10.8. The molecule has 17 heavy (non-hydrogen) atoms. The molecule has 0 amide bonds. The van der Waals surface area contributed by atoms with E-state index in [2.05, 4.69) is 12.2 Å². The molecule has 0 bridgehead atoms. The highest BCUT2D eigenvalue weighted by molar-refractivity contribution is 5.44. The molecule has 1 aromatic rings. The Morgan fingerprint density at radius 3 is 2.29 bits per heavy atom. The molecule has 1 rings (SSSR count). The zero-order valence-electron chi connectivity index (χ0n) is 10.8. The normalized spacial score (nSPS) is 10.5. The Morgan fingerprint density at radius 1 is 0.941 bits per heavy atom. The van der Waals surface area contributed by atoms with Gasteiger partial charge in [-0.1, -0.05) is 57.6 Å². The summed E-state index contributed by atoms with van der Waals surface area (Å²) in [6.45, 7) is 3.10. The minimum absolute atomic E-state index is 0.157. The fourth-order valence-corrected chi connectivity index (χ4v) is 1.91. The van der Waals surface area contributed by atoms with Gasteiger partial charge in [-0.3, -0.25) is 0 Å². The van der Waals surface area contributed by atoms with E-state index in [1.165, 1.54) is 44.6 Å². The largest absolute Gasteiger partial charge is 0.383 e. The Hall–Kier alpha value is -1.05. The minimum Gasteiger partial charge on any atom is -0.383 e. The van der Waals surface area contributed by atoms with Gasteiger partial charge < -0.3 is 5.32 Å². The van der Waals surface area contributed by atoms with Gasteiger partial charge in [0.2, 0.25) is 0 Å². The lowest BCUT2D eigenvalue weighted by molar-refractivity contribution is 0.594. The molecule has 1 nitrogen and oxygen atoms in total. The van der Waals surface area contributed by atoms with Crippen molar-refractivity contribution in [1.82, 2.24) is 0 Å². The molecule has 0 aliphatic rings. The van der Waals surface area contributed by atoms with Gasteiger partial charge in [0.05, 0.1) is 5.69 Å². The highest BCUT2D eigenvalue weighted by atomic mass is 19.1. The van der Waals surface area contributed by atoms with Crippen molar-refractivity contribution in [1.29, 1.82) is 0 Å². The first kappa shape index (κ1) is 14.0. The Balaban J connectivity index is 1.99. The number of nitrogens with one attached hydrogen (secondary N) is 1. The average molecular weight is 237 g/mol. The standard InChI is InChI=1S/C15H24FN/c1-2-3-4-5-6-7-10-13-17-15-12-9-8-11-14(15)16/h8-9,11-12,17H,2-7,10,13H2,1H3. The van der Waals surface area contributed by atoms with E-state index in [1.54, 1.807) is 12.1 Å². The van der Waals surface area contributed by atoms with Gasteiger partial charge in [-0.2, -0.15) is 0 Å². The van der Waals surface area contributed by atoms with Crippen LogP contribution in [0.2, 0.25) is 0 Å². The second-order valence-electron chi connectivity index (χ2n) is 4.53. The maximum absolute atomic E-state index is 13.2. The molecule has 96 valence electrons. The summed E-state index contributed by atoms with van der Waals surface area (Å²) in [5, 5.41) is 3.14. The van der Waals surface area contributed by atoms with Crippen molar-refractivity contribution < 1.29 is 4.39 Å². The lowest BCUT2D eigenvalue weighted by atomic mass is 10.1. The summed E-state index contributed by atoms with van der Waals surface area (Å²) >= 11 is 0. The third kappa shape index (κ3) is 6.30.